The first kappa shape index (κ1) is 31.6. The highest BCUT2D eigenvalue weighted by Crippen LogP contribution is 2.35. The van der Waals surface area contributed by atoms with Gasteiger partial charge in [-0.2, -0.15) is 0 Å². The zero-order chi connectivity index (χ0) is 31.1. The van der Waals surface area contributed by atoms with Crippen molar-refractivity contribution >= 4 is 18.1 Å². The summed E-state index contributed by atoms with van der Waals surface area (Å²) in [5.41, 5.74) is 0.0467. The van der Waals surface area contributed by atoms with E-state index in [4.69, 9.17) is 25.4 Å². The van der Waals surface area contributed by atoms with Gasteiger partial charge >= 0.3 is 12.2 Å². The third-order valence-electron chi connectivity index (χ3n) is 7.24. The Balaban J connectivity index is 1.57. The fourth-order valence-corrected chi connectivity index (χ4v) is 5.36. The van der Waals surface area contributed by atoms with E-state index in [-0.39, 0.29) is 26.3 Å². The van der Waals surface area contributed by atoms with Gasteiger partial charge in [-0.15, -0.1) is 6.42 Å². The molecule has 2 saturated heterocycles. The van der Waals surface area contributed by atoms with E-state index in [0.717, 1.165) is 5.56 Å². The Morgan fingerprint density at radius 2 is 1.79 bits per heavy atom. The summed E-state index contributed by atoms with van der Waals surface area (Å²) in [4.78, 5) is 43.3. The van der Waals surface area contributed by atoms with Crippen LogP contribution in [0.5, 0.6) is 5.75 Å². The van der Waals surface area contributed by atoms with E-state index >= 15 is 0 Å². The number of halogens is 1. The van der Waals surface area contributed by atoms with E-state index in [1.165, 1.54) is 24.3 Å². The first-order chi connectivity index (χ1) is 20.5. The van der Waals surface area contributed by atoms with Crippen molar-refractivity contribution in [2.75, 3.05) is 19.7 Å². The van der Waals surface area contributed by atoms with Crippen molar-refractivity contribution in [2.45, 2.75) is 76.7 Å². The van der Waals surface area contributed by atoms with Gasteiger partial charge in [0.15, 0.2) is 0 Å². The molecule has 10 nitrogen and oxygen atoms in total. The number of fused-ring (bicyclic) bond motifs is 1. The molecule has 2 aromatic rings. The molecule has 5 atom stereocenters. The van der Waals surface area contributed by atoms with E-state index in [2.05, 4.69) is 11.2 Å². The molecular weight excluding hydrogens is 557 g/mol. The normalized spacial score (nSPS) is 20.9. The topological polar surface area (TPSA) is 107 Å². The van der Waals surface area contributed by atoms with Crippen LogP contribution in [0.4, 0.5) is 14.0 Å². The summed E-state index contributed by atoms with van der Waals surface area (Å²) < 4.78 is 36.5. The van der Waals surface area contributed by atoms with Gasteiger partial charge in [-0.25, -0.2) is 14.0 Å². The smallest absolute Gasteiger partial charge is 0.410 e. The minimum atomic E-state index is -1.13. The fourth-order valence-electron chi connectivity index (χ4n) is 5.36. The van der Waals surface area contributed by atoms with E-state index in [0.29, 0.717) is 12.2 Å². The maximum absolute atomic E-state index is 14.1. The average Bonchev–Trinajstić information content (AvgIpc) is 3.55. The molecule has 0 radical (unpaired) electrons. The molecular formula is C32H38FN3O7. The van der Waals surface area contributed by atoms with Crippen LogP contribution in [0.1, 0.15) is 39.7 Å². The van der Waals surface area contributed by atoms with Crippen molar-refractivity contribution < 1.29 is 37.7 Å². The summed E-state index contributed by atoms with van der Waals surface area (Å²) in [7, 11) is 0. The zero-order valence-electron chi connectivity index (χ0n) is 24.8. The molecule has 2 aliphatic rings. The minimum absolute atomic E-state index is 0.0651. The Morgan fingerprint density at radius 1 is 1.09 bits per heavy atom. The Hall–Kier alpha value is -4.30. The van der Waals surface area contributed by atoms with Crippen molar-refractivity contribution in [1.29, 1.82) is 0 Å². The van der Waals surface area contributed by atoms with E-state index in [1.54, 1.807) is 37.5 Å². The van der Waals surface area contributed by atoms with E-state index in [1.807, 2.05) is 30.3 Å². The van der Waals surface area contributed by atoms with Gasteiger partial charge in [-0.05, 0) is 63.9 Å². The number of carbonyl (C=O) groups excluding carboxylic acids is 3. The predicted molar refractivity (Wildman–Crippen MR) is 155 cm³/mol. The van der Waals surface area contributed by atoms with Gasteiger partial charge in [0.25, 0.3) is 0 Å². The Morgan fingerprint density at radius 3 is 2.44 bits per heavy atom. The molecule has 2 aliphatic heterocycles. The third kappa shape index (κ3) is 8.17. The summed E-state index contributed by atoms with van der Waals surface area (Å²) in [5.74, 6) is 1.91. The Bertz CT molecular complexity index is 1310. The molecule has 0 aliphatic carbocycles. The van der Waals surface area contributed by atoms with E-state index < -0.39 is 59.8 Å². The molecule has 1 N–H and O–H groups in total. The van der Waals surface area contributed by atoms with Gasteiger partial charge in [0.05, 0.1) is 24.7 Å². The van der Waals surface area contributed by atoms with E-state index in [9.17, 15) is 18.8 Å². The maximum Gasteiger partial charge on any atom is 0.410 e. The van der Waals surface area contributed by atoms with Crippen LogP contribution in [0.15, 0.2) is 54.6 Å². The third-order valence-corrected chi connectivity index (χ3v) is 7.24. The first-order valence-electron chi connectivity index (χ1n) is 14.2. The number of hydrogen-bond donors (Lipinski definition) is 1. The number of alkyl carbamates (subject to hydrolysis) is 1. The van der Waals surface area contributed by atoms with Crippen molar-refractivity contribution in [3.8, 4) is 18.1 Å². The van der Waals surface area contributed by atoms with Gasteiger partial charge in [-0.1, -0.05) is 36.3 Å². The van der Waals surface area contributed by atoms with Gasteiger partial charge in [-0.3, -0.25) is 9.69 Å². The molecule has 0 aromatic heterocycles. The van der Waals surface area contributed by atoms with Crippen LogP contribution in [0.25, 0.3) is 0 Å². The van der Waals surface area contributed by atoms with Crippen molar-refractivity contribution in [3.05, 3.63) is 66.0 Å². The number of hydrogen-bond acceptors (Lipinski definition) is 7. The lowest BCUT2D eigenvalue weighted by atomic mass is 10.1. The fraction of sp³-hybridized carbons (Fsp3) is 0.469. The van der Waals surface area contributed by atoms with Crippen molar-refractivity contribution in [3.63, 3.8) is 0 Å². The molecule has 43 heavy (non-hydrogen) atoms. The van der Waals surface area contributed by atoms with Crippen LogP contribution in [-0.2, 0) is 25.6 Å². The van der Waals surface area contributed by atoms with Crippen LogP contribution in [-0.4, -0.2) is 83.5 Å². The van der Waals surface area contributed by atoms with Gasteiger partial charge in [0, 0.05) is 6.54 Å². The lowest BCUT2D eigenvalue weighted by Crippen LogP contribution is -2.58. The summed E-state index contributed by atoms with van der Waals surface area (Å²) in [6, 6.07) is 12.7. The average molecular weight is 596 g/mol. The SMILES string of the molecule is C#CCO[C@H](C)C(NC(=O)OC(C)(C)C)C(=O)N1CC[C@@H]2[C@H]1[C@@H](Oc1ccc(F)cc1)CN2C(=O)OCc1ccccc1. The largest absolute Gasteiger partial charge is 0.486 e. The van der Waals surface area contributed by atoms with Crippen LogP contribution < -0.4 is 10.1 Å². The van der Waals surface area contributed by atoms with Crippen LogP contribution in [0.3, 0.4) is 0 Å². The van der Waals surface area contributed by atoms with Gasteiger partial charge < -0.3 is 29.2 Å². The number of ether oxygens (including phenoxy) is 4. The summed E-state index contributed by atoms with van der Waals surface area (Å²) >= 11 is 0. The highest BCUT2D eigenvalue weighted by atomic mass is 19.1. The van der Waals surface area contributed by atoms with Crippen LogP contribution >= 0.6 is 0 Å². The van der Waals surface area contributed by atoms with Gasteiger partial charge in [0.2, 0.25) is 5.91 Å². The molecule has 2 aromatic carbocycles. The lowest BCUT2D eigenvalue weighted by molar-refractivity contribution is -0.139. The Kier molecular flexibility index (Phi) is 10.1. The number of nitrogens with one attached hydrogen (secondary N) is 1. The number of rotatable bonds is 9. The molecule has 1 unspecified atom stereocenters. The summed E-state index contributed by atoms with van der Waals surface area (Å²) in [6.07, 6.45) is 3.05. The van der Waals surface area contributed by atoms with Crippen LogP contribution in [0.2, 0.25) is 0 Å². The highest BCUT2D eigenvalue weighted by molar-refractivity contribution is 5.87. The molecule has 2 fully saturated rings. The number of nitrogens with zero attached hydrogens (tertiary/aromatic N) is 2. The zero-order valence-corrected chi connectivity index (χ0v) is 24.8. The summed E-state index contributed by atoms with van der Waals surface area (Å²) in [6.45, 7) is 7.23. The minimum Gasteiger partial charge on any atom is -0.486 e. The second kappa shape index (κ2) is 13.8. The molecule has 2 heterocycles. The molecule has 0 spiro atoms. The monoisotopic (exact) mass is 595 g/mol. The Labute approximate surface area is 251 Å². The molecule has 0 saturated carbocycles. The molecule has 230 valence electrons. The highest BCUT2D eigenvalue weighted by Gasteiger charge is 2.54. The summed E-state index contributed by atoms with van der Waals surface area (Å²) in [5, 5.41) is 2.65. The number of benzene rings is 2. The lowest BCUT2D eigenvalue weighted by Gasteiger charge is -2.34. The number of terminal acetylenes is 1. The van der Waals surface area contributed by atoms with Crippen molar-refractivity contribution in [2.24, 2.45) is 0 Å². The van der Waals surface area contributed by atoms with Crippen molar-refractivity contribution in [1.82, 2.24) is 15.1 Å². The quantitative estimate of drug-likeness (QED) is 0.435. The molecule has 4 rings (SSSR count). The number of carbonyl (C=O) groups is 3. The second-order valence-electron chi connectivity index (χ2n) is 11.5. The molecule has 3 amide bonds. The van der Waals surface area contributed by atoms with Crippen LogP contribution in [0, 0.1) is 18.2 Å². The van der Waals surface area contributed by atoms with Gasteiger partial charge in [0.1, 0.15) is 42.5 Å². The molecule has 0 bridgehead atoms. The molecule has 11 heteroatoms. The first-order valence-corrected chi connectivity index (χ1v) is 14.2. The standard InChI is InChI=1S/C32H38FN3O7/c1-6-18-40-21(2)27(34-30(38)43-32(3,4)5)29(37)35-17-16-25-28(35)26(42-24-14-12-23(33)13-15-24)19-36(25)31(39)41-20-22-10-8-7-9-11-22/h1,7-15,21,25-28H,16-20H2,2-5H3,(H,34,38)/t21-,25-,26+,27?,28+/m1/s1. The maximum atomic E-state index is 14.1. The second-order valence-corrected chi connectivity index (χ2v) is 11.5. The number of amides is 3. The predicted octanol–water partition coefficient (Wildman–Crippen LogP) is 4.13. The number of likely N-dealkylation sites (tertiary alicyclic amines) is 2.